The van der Waals surface area contributed by atoms with Gasteiger partial charge < -0.3 is 15.8 Å². The number of para-hydroxylation sites is 1. The minimum atomic E-state index is -0.409. The van der Waals surface area contributed by atoms with Crippen LogP contribution in [0.15, 0.2) is 42.5 Å². The molecular formula is C16H17N3O3. The van der Waals surface area contributed by atoms with Gasteiger partial charge >= 0.3 is 0 Å². The van der Waals surface area contributed by atoms with E-state index in [2.05, 4.69) is 5.32 Å². The quantitative estimate of drug-likeness (QED) is 0.514. The Hall–Kier alpha value is -2.76. The van der Waals surface area contributed by atoms with Crippen molar-refractivity contribution >= 4 is 17.1 Å². The molecule has 0 bridgehead atoms. The summed E-state index contributed by atoms with van der Waals surface area (Å²) in [6.07, 6.45) is 0. The van der Waals surface area contributed by atoms with Gasteiger partial charge in [0.15, 0.2) is 0 Å². The zero-order valence-electron chi connectivity index (χ0n) is 12.2. The molecule has 6 nitrogen and oxygen atoms in total. The maximum atomic E-state index is 11.1. The lowest BCUT2D eigenvalue weighted by atomic mass is 9.94. The average molecular weight is 299 g/mol. The van der Waals surface area contributed by atoms with Gasteiger partial charge in [-0.3, -0.25) is 10.1 Å². The Balaban J connectivity index is 1.85. The number of rotatable bonds is 4. The molecule has 0 aromatic heterocycles. The number of hydrogen-bond donors (Lipinski definition) is 2. The number of nitrogen functional groups attached to an aromatic ring is 1. The van der Waals surface area contributed by atoms with E-state index in [4.69, 9.17) is 10.5 Å². The molecule has 1 aliphatic rings. The summed E-state index contributed by atoms with van der Waals surface area (Å²) in [7, 11) is 0. The van der Waals surface area contributed by atoms with Crippen LogP contribution in [0, 0.1) is 10.1 Å². The van der Waals surface area contributed by atoms with Crippen LogP contribution in [-0.4, -0.2) is 17.6 Å². The second-order valence-corrected chi connectivity index (χ2v) is 5.42. The number of nitrogens with zero attached hydrogens (tertiary/aromatic N) is 1. The third-order valence-corrected chi connectivity index (χ3v) is 3.94. The van der Waals surface area contributed by atoms with Gasteiger partial charge in [-0.1, -0.05) is 18.2 Å². The zero-order valence-corrected chi connectivity index (χ0v) is 12.2. The molecule has 2 atom stereocenters. The van der Waals surface area contributed by atoms with Crippen LogP contribution in [0.3, 0.4) is 0 Å². The van der Waals surface area contributed by atoms with E-state index >= 15 is 0 Å². The average Bonchev–Trinajstić information content (AvgIpc) is 2.91. The smallest absolute Gasteiger partial charge is 0.292 e. The molecule has 0 saturated carbocycles. The number of hydrogen-bond acceptors (Lipinski definition) is 5. The van der Waals surface area contributed by atoms with Gasteiger partial charge in [-0.2, -0.15) is 0 Å². The lowest BCUT2D eigenvalue weighted by molar-refractivity contribution is -0.384. The molecule has 2 aromatic carbocycles. The van der Waals surface area contributed by atoms with E-state index in [1.54, 1.807) is 6.07 Å². The summed E-state index contributed by atoms with van der Waals surface area (Å²) in [6.45, 7) is 2.55. The van der Waals surface area contributed by atoms with Gasteiger partial charge in [0.2, 0.25) is 0 Å². The summed E-state index contributed by atoms with van der Waals surface area (Å²) in [5.41, 5.74) is 7.81. The molecule has 0 spiro atoms. The Morgan fingerprint density at radius 2 is 2.14 bits per heavy atom. The summed E-state index contributed by atoms with van der Waals surface area (Å²) in [5.74, 6) is 1.01. The molecule has 3 N–H and O–H groups in total. The molecule has 0 amide bonds. The molecule has 3 rings (SSSR count). The highest BCUT2D eigenvalue weighted by atomic mass is 16.6. The van der Waals surface area contributed by atoms with E-state index in [0.29, 0.717) is 18.0 Å². The first-order valence-corrected chi connectivity index (χ1v) is 7.08. The highest BCUT2D eigenvalue weighted by molar-refractivity contribution is 5.68. The van der Waals surface area contributed by atoms with Crippen molar-refractivity contribution in [2.24, 2.45) is 0 Å². The molecule has 2 aromatic rings. The van der Waals surface area contributed by atoms with E-state index < -0.39 is 4.92 Å². The van der Waals surface area contributed by atoms with Crippen molar-refractivity contribution < 1.29 is 9.66 Å². The van der Waals surface area contributed by atoms with Crippen LogP contribution in [-0.2, 0) is 0 Å². The lowest BCUT2D eigenvalue weighted by Gasteiger charge is -2.21. The van der Waals surface area contributed by atoms with Crippen LogP contribution in [0.1, 0.15) is 18.4 Å². The van der Waals surface area contributed by atoms with Gasteiger partial charge in [-0.25, -0.2) is 0 Å². The molecule has 22 heavy (non-hydrogen) atoms. The first kappa shape index (κ1) is 14.2. The van der Waals surface area contributed by atoms with E-state index in [-0.39, 0.29) is 17.6 Å². The predicted molar refractivity (Wildman–Crippen MR) is 85.3 cm³/mol. The molecule has 0 aliphatic carbocycles. The Kier molecular flexibility index (Phi) is 3.58. The molecular weight excluding hydrogens is 282 g/mol. The molecule has 114 valence electrons. The third-order valence-electron chi connectivity index (χ3n) is 3.94. The van der Waals surface area contributed by atoms with E-state index in [1.165, 1.54) is 12.1 Å². The minimum absolute atomic E-state index is 0.0215. The van der Waals surface area contributed by atoms with Crippen molar-refractivity contribution in [1.82, 2.24) is 0 Å². The fraction of sp³-hybridized carbons (Fsp3) is 0.250. The Morgan fingerprint density at radius 3 is 2.91 bits per heavy atom. The van der Waals surface area contributed by atoms with Gasteiger partial charge in [0, 0.05) is 29.3 Å². The molecule has 0 fully saturated rings. The van der Waals surface area contributed by atoms with Crippen LogP contribution in [0.5, 0.6) is 5.75 Å². The number of benzene rings is 2. The van der Waals surface area contributed by atoms with E-state index in [0.717, 1.165) is 11.3 Å². The minimum Gasteiger partial charge on any atom is -0.493 e. The number of fused-ring (bicyclic) bond motifs is 1. The zero-order chi connectivity index (χ0) is 15.7. The Morgan fingerprint density at radius 1 is 1.36 bits per heavy atom. The van der Waals surface area contributed by atoms with Crippen LogP contribution in [0.25, 0.3) is 0 Å². The largest absolute Gasteiger partial charge is 0.493 e. The molecule has 1 heterocycles. The Bertz CT molecular complexity index is 718. The number of nitrogens with one attached hydrogen (secondary N) is 1. The topological polar surface area (TPSA) is 90.4 Å². The number of nitro benzene ring substituents is 1. The van der Waals surface area contributed by atoms with Crippen molar-refractivity contribution in [2.75, 3.05) is 17.7 Å². The monoisotopic (exact) mass is 299 g/mol. The summed E-state index contributed by atoms with van der Waals surface area (Å²) in [5, 5.41) is 14.3. The molecule has 0 radical (unpaired) electrons. The summed E-state index contributed by atoms with van der Waals surface area (Å²) < 4.78 is 5.67. The van der Waals surface area contributed by atoms with Crippen molar-refractivity contribution in [2.45, 2.75) is 18.9 Å². The normalized spacial score (nSPS) is 17.4. The van der Waals surface area contributed by atoms with Crippen molar-refractivity contribution in [3.05, 3.63) is 58.1 Å². The maximum absolute atomic E-state index is 11.1. The third kappa shape index (κ3) is 2.55. The van der Waals surface area contributed by atoms with Gasteiger partial charge in [0.25, 0.3) is 5.69 Å². The van der Waals surface area contributed by atoms with Gasteiger partial charge in [0.05, 0.1) is 11.5 Å². The standard InChI is InChI=1S/C16H17N3O3/c1-10(13-9-22-16-5-3-2-4-12(13)16)18-14-8-11(17)6-7-15(14)19(20)21/h2-8,10,13,18H,9,17H2,1H3/t10-,13+/m0/s1. The number of nitro groups is 1. The number of nitrogens with two attached hydrogens (primary N) is 1. The number of ether oxygens (including phenoxy) is 1. The lowest BCUT2D eigenvalue weighted by Crippen LogP contribution is -2.25. The summed E-state index contributed by atoms with van der Waals surface area (Å²) in [4.78, 5) is 10.7. The molecule has 0 unspecified atom stereocenters. The van der Waals surface area contributed by atoms with Gasteiger partial charge in [-0.05, 0) is 25.1 Å². The van der Waals surface area contributed by atoms with Crippen LogP contribution >= 0.6 is 0 Å². The second-order valence-electron chi connectivity index (χ2n) is 5.42. The maximum Gasteiger partial charge on any atom is 0.292 e. The first-order chi connectivity index (χ1) is 10.6. The molecule has 6 heteroatoms. The highest BCUT2D eigenvalue weighted by Crippen LogP contribution is 2.37. The summed E-state index contributed by atoms with van der Waals surface area (Å²) in [6, 6.07) is 12.4. The fourth-order valence-electron chi connectivity index (χ4n) is 2.78. The van der Waals surface area contributed by atoms with E-state index in [9.17, 15) is 10.1 Å². The molecule has 1 aliphatic heterocycles. The predicted octanol–water partition coefficient (Wildman–Crippen LogP) is 3.15. The number of anilines is 2. The van der Waals surface area contributed by atoms with Gasteiger partial charge in [-0.15, -0.1) is 0 Å². The summed E-state index contributed by atoms with van der Waals surface area (Å²) >= 11 is 0. The van der Waals surface area contributed by atoms with Gasteiger partial charge in [0.1, 0.15) is 11.4 Å². The highest BCUT2D eigenvalue weighted by Gasteiger charge is 2.29. The van der Waals surface area contributed by atoms with Crippen LogP contribution in [0.2, 0.25) is 0 Å². The van der Waals surface area contributed by atoms with Crippen molar-refractivity contribution in [1.29, 1.82) is 0 Å². The van der Waals surface area contributed by atoms with E-state index in [1.807, 2.05) is 31.2 Å². The second kappa shape index (κ2) is 5.55. The van der Waals surface area contributed by atoms with Crippen molar-refractivity contribution in [3.63, 3.8) is 0 Å². The SMILES string of the molecule is C[C@H](Nc1cc(N)ccc1[N+](=O)[O-])[C@H]1COc2ccccc21. The van der Waals surface area contributed by atoms with Crippen LogP contribution in [0.4, 0.5) is 17.1 Å². The first-order valence-electron chi connectivity index (χ1n) is 7.08. The molecule has 0 saturated heterocycles. The fourth-order valence-corrected chi connectivity index (χ4v) is 2.78. The Labute approximate surface area is 128 Å². The van der Waals surface area contributed by atoms with Crippen LogP contribution < -0.4 is 15.8 Å². The van der Waals surface area contributed by atoms with Crippen molar-refractivity contribution in [3.8, 4) is 5.75 Å².